The third-order valence-corrected chi connectivity index (χ3v) is 7.36. The summed E-state index contributed by atoms with van der Waals surface area (Å²) in [5.41, 5.74) is 5.61. The van der Waals surface area contributed by atoms with Crippen molar-refractivity contribution >= 4 is 29.1 Å². The Morgan fingerprint density at radius 1 is 0.939 bits per heavy atom. The van der Waals surface area contributed by atoms with Crippen LogP contribution >= 0.6 is 0 Å². The second kappa shape index (κ2) is 9.00. The fourth-order valence-corrected chi connectivity index (χ4v) is 5.36. The van der Waals surface area contributed by atoms with Crippen LogP contribution < -0.4 is 10.2 Å². The number of anilines is 2. The minimum absolute atomic E-state index is 0.000753. The van der Waals surface area contributed by atoms with Gasteiger partial charge in [0.25, 0.3) is 0 Å². The molecule has 2 aromatic carbocycles. The van der Waals surface area contributed by atoms with E-state index in [2.05, 4.69) is 17.4 Å². The maximum absolute atomic E-state index is 13.1. The number of carbonyl (C=O) groups is 3. The summed E-state index contributed by atoms with van der Waals surface area (Å²) in [4.78, 5) is 42.0. The van der Waals surface area contributed by atoms with Crippen LogP contribution in [-0.2, 0) is 27.2 Å². The fraction of sp³-hybridized carbons (Fsp3) is 0.444. The topological polar surface area (TPSA) is 69.7 Å². The van der Waals surface area contributed by atoms with Crippen LogP contribution in [0.15, 0.2) is 42.5 Å². The van der Waals surface area contributed by atoms with Crippen molar-refractivity contribution in [1.29, 1.82) is 0 Å². The molecule has 3 aliphatic rings. The average Bonchev–Trinajstić information content (AvgIpc) is 3.45. The van der Waals surface area contributed by atoms with Gasteiger partial charge in [-0.25, -0.2) is 0 Å². The lowest BCUT2D eigenvalue weighted by Gasteiger charge is -2.33. The van der Waals surface area contributed by atoms with E-state index in [1.165, 1.54) is 17.5 Å². The van der Waals surface area contributed by atoms with Crippen molar-refractivity contribution in [2.24, 2.45) is 11.8 Å². The van der Waals surface area contributed by atoms with E-state index in [9.17, 15) is 14.4 Å². The van der Waals surface area contributed by atoms with Gasteiger partial charge in [0.05, 0.1) is 5.92 Å². The number of nitrogens with zero attached hydrogens (tertiary/aromatic N) is 2. The maximum Gasteiger partial charge on any atom is 0.228 e. The number of fused-ring (bicyclic) bond motifs is 1. The Balaban J connectivity index is 1.14. The molecule has 6 nitrogen and oxygen atoms in total. The van der Waals surface area contributed by atoms with Crippen molar-refractivity contribution in [2.45, 2.75) is 45.4 Å². The van der Waals surface area contributed by atoms with Gasteiger partial charge in [0.1, 0.15) is 0 Å². The predicted molar refractivity (Wildman–Crippen MR) is 128 cm³/mol. The van der Waals surface area contributed by atoms with Gasteiger partial charge in [-0.1, -0.05) is 23.8 Å². The number of aryl methyl sites for hydroxylation is 3. The molecule has 2 heterocycles. The van der Waals surface area contributed by atoms with Crippen molar-refractivity contribution in [3.05, 3.63) is 59.2 Å². The zero-order valence-corrected chi connectivity index (χ0v) is 19.2. The fourth-order valence-electron chi connectivity index (χ4n) is 5.36. The molecule has 3 amide bonds. The minimum atomic E-state index is -0.310. The van der Waals surface area contributed by atoms with Crippen LogP contribution in [0.3, 0.4) is 0 Å². The molecule has 5 rings (SSSR count). The predicted octanol–water partition coefficient (Wildman–Crippen LogP) is 3.71. The Labute approximate surface area is 194 Å². The number of carbonyl (C=O) groups excluding carboxylic acids is 3. The number of amides is 3. The summed E-state index contributed by atoms with van der Waals surface area (Å²) in [5.74, 6) is -0.315. The van der Waals surface area contributed by atoms with Crippen LogP contribution in [0.5, 0.6) is 0 Å². The van der Waals surface area contributed by atoms with Crippen molar-refractivity contribution in [1.82, 2.24) is 4.90 Å². The number of hydrogen-bond acceptors (Lipinski definition) is 3. The largest absolute Gasteiger partial charge is 0.342 e. The Morgan fingerprint density at radius 2 is 1.67 bits per heavy atom. The average molecular weight is 446 g/mol. The number of nitrogens with one attached hydrogen (secondary N) is 1. The molecule has 2 saturated heterocycles. The molecule has 2 aromatic rings. The molecule has 172 valence electrons. The second-order valence-corrected chi connectivity index (χ2v) is 9.67. The van der Waals surface area contributed by atoms with E-state index in [0.29, 0.717) is 32.5 Å². The van der Waals surface area contributed by atoms with E-state index < -0.39 is 0 Å². The number of benzene rings is 2. The van der Waals surface area contributed by atoms with Crippen LogP contribution in [0, 0.1) is 18.8 Å². The first-order valence-electron chi connectivity index (χ1n) is 12.1. The number of hydrogen-bond donors (Lipinski definition) is 1. The van der Waals surface area contributed by atoms with E-state index in [1.54, 1.807) is 4.90 Å². The molecule has 0 radical (unpaired) electrons. The summed E-state index contributed by atoms with van der Waals surface area (Å²) in [6.07, 6.45) is 4.98. The molecule has 2 fully saturated rings. The first-order chi connectivity index (χ1) is 16.0. The highest BCUT2D eigenvalue weighted by Gasteiger charge is 2.38. The quantitative estimate of drug-likeness (QED) is 0.780. The molecule has 1 atom stereocenters. The van der Waals surface area contributed by atoms with Crippen LogP contribution in [0.1, 0.15) is 42.4 Å². The van der Waals surface area contributed by atoms with Crippen LogP contribution in [0.4, 0.5) is 11.4 Å². The highest BCUT2D eigenvalue weighted by molar-refractivity contribution is 6.00. The summed E-state index contributed by atoms with van der Waals surface area (Å²) >= 11 is 0. The van der Waals surface area contributed by atoms with Gasteiger partial charge < -0.3 is 15.1 Å². The molecule has 1 N–H and O–H groups in total. The molecular formula is C27H31N3O3. The van der Waals surface area contributed by atoms with E-state index in [0.717, 1.165) is 29.8 Å². The third kappa shape index (κ3) is 4.52. The van der Waals surface area contributed by atoms with Gasteiger partial charge in [-0.3, -0.25) is 14.4 Å². The molecule has 0 aromatic heterocycles. The summed E-state index contributed by atoms with van der Waals surface area (Å²) in [6.45, 7) is 3.57. The third-order valence-electron chi connectivity index (χ3n) is 7.36. The first-order valence-corrected chi connectivity index (χ1v) is 12.1. The van der Waals surface area contributed by atoms with E-state index in [1.807, 2.05) is 42.2 Å². The van der Waals surface area contributed by atoms with Gasteiger partial charge in [0, 0.05) is 43.3 Å². The monoisotopic (exact) mass is 445 g/mol. The van der Waals surface area contributed by atoms with Crippen LogP contribution in [0.2, 0.25) is 0 Å². The molecule has 2 aliphatic heterocycles. The first kappa shape index (κ1) is 21.7. The second-order valence-electron chi connectivity index (χ2n) is 9.67. The molecular weight excluding hydrogens is 414 g/mol. The Morgan fingerprint density at radius 3 is 2.42 bits per heavy atom. The smallest absolute Gasteiger partial charge is 0.228 e. The van der Waals surface area contributed by atoms with Gasteiger partial charge >= 0.3 is 0 Å². The van der Waals surface area contributed by atoms with Gasteiger partial charge in [0.2, 0.25) is 17.7 Å². The highest BCUT2D eigenvalue weighted by atomic mass is 16.2. The molecule has 0 unspecified atom stereocenters. The number of likely N-dealkylation sites (tertiary alicyclic amines) is 1. The molecule has 33 heavy (non-hydrogen) atoms. The maximum atomic E-state index is 13.1. The Bertz CT molecular complexity index is 1070. The number of piperidine rings is 1. The molecule has 0 saturated carbocycles. The standard InChI is InChI=1S/C27H31N3O3/c1-18-5-9-24(10-6-18)30-17-22(16-25(30)31)27(33)29-13-11-20(12-14-29)26(32)28-23-8-7-19-3-2-4-21(19)15-23/h5-10,15,20,22H,2-4,11-14,16-17H2,1H3,(H,28,32)/t22-/m1/s1. The summed E-state index contributed by atoms with van der Waals surface area (Å²) in [7, 11) is 0. The van der Waals surface area contributed by atoms with E-state index >= 15 is 0 Å². The van der Waals surface area contributed by atoms with E-state index in [-0.39, 0.29) is 36.0 Å². The minimum Gasteiger partial charge on any atom is -0.342 e. The summed E-state index contributed by atoms with van der Waals surface area (Å²) in [5, 5.41) is 3.08. The van der Waals surface area contributed by atoms with Gasteiger partial charge in [-0.15, -0.1) is 0 Å². The van der Waals surface area contributed by atoms with Crippen molar-refractivity contribution in [2.75, 3.05) is 29.9 Å². The van der Waals surface area contributed by atoms with Gasteiger partial charge in [0.15, 0.2) is 0 Å². The molecule has 0 spiro atoms. The zero-order chi connectivity index (χ0) is 22.9. The van der Waals surface area contributed by atoms with E-state index in [4.69, 9.17) is 0 Å². The lowest BCUT2D eigenvalue weighted by Crippen LogP contribution is -2.44. The molecule has 0 bridgehead atoms. The summed E-state index contributed by atoms with van der Waals surface area (Å²) < 4.78 is 0. The number of rotatable bonds is 4. The lowest BCUT2D eigenvalue weighted by atomic mass is 9.94. The molecule has 6 heteroatoms. The van der Waals surface area contributed by atoms with Crippen LogP contribution in [0.25, 0.3) is 0 Å². The highest BCUT2D eigenvalue weighted by Crippen LogP contribution is 2.29. The van der Waals surface area contributed by atoms with Crippen molar-refractivity contribution in [3.8, 4) is 0 Å². The van der Waals surface area contributed by atoms with Crippen molar-refractivity contribution in [3.63, 3.8) is 0 Å². The normalized spacial score (nSPS) is 20.8. The lowest BCUT2D eigenvalue weighted by molar-refractivity contribution is -0.138. The SMILES string of the molecule is Cc1ccc(N2C[C@H](C(=O)N3CCC(C(=O)Nc4ccc5c(c4)CCC5)CC3)CC2=O)cc1. The summed E-state index contributed by atoms with van der Waals surface area (Å²) in [6, 6.07) is 14.1. The Hall–Kier alpha value is -3.15. The van der Waals surface area contributed by atoms with Gasteiger partial charge in [-0.2, -0.15) is 0 Å². The van der Waals surface area contributed by atoms with Crippen LogP contribution in [-0.4, -0.2) is 42.3 Å². The zero-order valence-electron chi connectivity index (χ0n) is 19.2. The Kier molecular flexibility index (Phi) is 5.92. The van der Waals surface area contributed by atoms with Crippen molar-refractivity contribution < 1.29 is 14.4 Å². The molecule has 1 aliphatic carbocycles. The van der Waals surface area contributed by atoms with Gasteiger partial charge in [-0.05, 0) is 74.4 Å².